The molecule has 0 radical (unpaired) electrons. The number of anilines is 1. The van der Waals surface area contributed by atoms with E-state index in [0.717, 1.165) is 36.0 Å². The molecule has 0 aliphatic carbocycles. The van der Waals surface area contributed by atoms with E-state index in [1.165, 1.54) is 6.21 Å². The predicted octanol–water partition coefficient (Wildman–Crippen LogP) is 5.84. The minimum absolute atomic E-state index is 0.0228. The number of benzene rings is 2. The predicted molar refractivity (Wildman–Crippen MR) is 122 cm³/mol. The van der Waals surface area contributed by atoms with Gasteiger partial charge in [0.1, 0.15) is 11.4 Å². The van der Waals surface area contributed by atoms with Crippen LogP contribution < -0.4 is 10.3 Å². The van der Waals surface area contributed by atoms with Gasteiger partial charge in [-0.1, -0.05) is 32.0 Å². The Balaban J connectivity index is 1.55. The number of rotatable bonds is 5. The highest BCUT2D eigenvalue weighted by Gasteiger charge is 2.36. The Hall–Kier alpha value is -3.15. The number of nitrogens with zero attached hydrogens (tertiary/aromatic N) is 2. The number of hydrogen-bond donors (Lipinski definition) is 1. The minimum Gasteiger partial charge on any atom is -0.451 e. The van der Waals surface area contributed by atoms with Gasteiger partial charge in [-0.15, -0.1) is 0 Å². The summed E-state index contributed by atoms with van der Waals surface area (Å²) in [5.74, 6) is -0.368. The summed E-state index contributed by atoms with van der Waals surface area (Å²) >= 11 is 0. The first-order valence-corrected chi connectivity index (χ1v) is 10.7. The number of halogens is 1. The molecule has 31 heavy (non-hydrogen) atoms. The Morgan fingerprint density at radius 3 is 2.84 bits per heavy atom. The molecule has 6 heteroatoms. The second kappa shape index (κ2) is 8.17. The van der Waals surface area contributed by atoms with Crippen molar-refractivity contribution in [2.75, 3.05) is 11.4 Å². The molecular weight excluding hydrogens is 393 g/mol. The van der Waals surface area contributed by atoms with Gasteiger partial charge in [0.2, 0.25) is 0 Å². The first-order valence-electron chi connectivity index (χ1n) is 10.7. The maximum atomic E-state index is 14.9. The van der Waals surface area contributed by atoms with Crippen molar-refractivity contribution in [3.05, 3.63) is 65.2 Å². The zero-order chi connectivity index (χ0) is 22.2. The van der Waals surface area contributed by atoms with Gasteiger partial charge in [-0.05, 0) is 62.4 Å². The third-order valence-corrected chi connectivity index (χ3v) is 5.97. The molecule has 0 fully saturated rings. The van der Waals surface area contributed by atoms with Crippen LogP contribution in [0.1, 0.15) is 68.1 Å². The monoisotopic (exact) mass is 421 g/mol. The van der Waals surface area contributed by atoms with Gasteiger partial charge in [-0.2, -0.15) is 5.10 Å². The van der Waals surface area contributed by atoms with Crippen molar-refractivity contribution in [2.45, 2.75) is 52.0 Å². The molecule has 1 aliphatic heterocycles. The maximum absolute atomic E-state index is 14.9. The number of fused-ring (bicyclic) bond motifs is 2. The molecule has 0 saturated carbocycles. The molecule has 1 unspecified atom stereocenters. The molecule has 1 atom stereocenters. The van der Waals surface area contributed by atoms with Gasteiger partial charge in [-0.25, -0.2) is 9.82 Å². The molecular formula is C25H28FN3O2. The van der Waals surface area contributed by atoms with Gasteiger partial charge in [0.15, 0.2) is 5.76 Å². The van der Waals surface area contributed by atoms with Gasteiger partial charge >= 0.3 is 5.91 Å². The maximum Gasteiger partial charge on any atom is 0.307 e. The Kier molecular flexibility index (Phi) is 5.56. The molecule has 1 amide bonds. The van der Waals surface area contributed by atoms with Crippen LogP contribution in [0.25, 0.3) is 11.0 Å². The lowest BCUT2D eigenvalue weighted by atomic mass is 9.79. The first-order chi connectivity index (χ1) is 14.8. The molecule has 4 rings (SSSR count). The van der Waals surface area contributed by atoms with Gasteiger partial charge in [0, 0.05) is 28.7 Å². The van der Waals surface area contributed by atoms with Crippen molar-refractivity contribution < 1.29 is 13.6 Å². The van der Waals surface area contributed by atoms with Crippen LogP contribution in [0, 0.1) is 5.82 Å². The number of carbonyl (C=O) groups is 1. The minimum atomic E-state index is -0.477. The van der Waals surface area contributed by atoms with E-state index in [-0.39, 0.29) is 17.1 Å². The lowest BCUT2D eigenvalue weighted by Gasteiger charge is -2.47. The fourth-order valence-electron chi connectivity index (χ4n) is 4.58. The number of furan rings is 1. The standard InChI is InChI=1S/C25H28FN3O2/c1-5-10-29-21-13-20(26)18(11-19(21)16(2)14-25(29,3)4)15-27-28-24(30)23-12-17-8-6-7-9-22(17)31-23/h6-9,11-13,15-16H,5,10,14H2,1-4H3,(H,28,30)/b27-15+. The number of hydrogen-bond acceptors (Lipinski definition) is 4. The van der Waals surface area contributed by atoms with Crippen molar-refractivity contribution in [3.63, 3.8) is 0 Å². The van der Waals surface area contributed by atoms with E-state index in [9.17, 15) is 9.18 Å². The highest BCUT2D eigenvalue weighted by atomic mass is 19.1. The second-order valence-electron chi connectivity index (χ2n) is 8.85. The SMILES string of the molecule is CCCN1c2cc(F)c(/C=N/NC(=O)c3cc4ccccc4o3)cc2C(C)CC1(C)C. The molecule has 162 valence electrons. The van der Waals surface area contributed by atoms with E-state index < -0.39 is 5.91 Å². The highest BCUT2D eigenvalue weighted by Crippen LogP contribution is 2.44. The average molecular weight is 422 g/mol. The van der Waals surface area contributed by atoms with Crippen molar-refractivity contribution in [2.24, 2.45) is 5.10 Å². The van der Waals surface area contributed by atoms with Crippen LogP contribution in [0.4, 0.5) is 10.1 Å². The van der Waals surface area contributed by atoms with E-state index in [4.69, 9.17) is 4.42 Å². The Morgan fingerprint density at radius 2 is 2.10 bits per heavy atom. The molecule has 1 N–H and O–H groups in total. The van der Waals surface area contributed by atoms with Gasteiger partial charge in [0.25, 0.3) is 0 Å². The Labute approximate surface area is 181 Å². The molecule has 0 bridgehead atoms. The van der Waals surface area contributed by atoms with Gasteiger partial charge in [0.05, 0.1) is 6.21 Å². The Bertz CT molecular complexity index is 1120. The van der Waals surface area contributed by atoms with E-state index >= 15 is 0 Å². The topological polar surface area (TPSA) is 57.8 Å². The largest absolute Gasteiger partial charge is 0.451 e. The quantitative estimate of drug-likeness (QED) is 0.416. The summed E-state index contributed by atoms with van der Waals surface area (Å²) in [7, 11) is 0. The summed E-state index contributed by atoms with van der Waals surface area (Å²) in [6, 6.07) is 12.5. The fourth-order valence-corrected chi connectivity index (χ4v) is 4.58. The average Bonchev–Trinajstić information content (AvgIpc) is 3.16. The van der Waals surface area contributed by atoms with E-state index in [1.54, 1.807) is 18.2 Å². The molecule has 2 aromatic carbocycles. The Morgan fingerprint density at radius 1 is 1.32 bits per heavy atom. The van der Waals surface area contributed by atoms with E-state index in [1.807, 2.05) is 24.3 Å². The zero-order valence-electron chi connectivity index (χ0n) is 18.4. The van der Waals surface area contributed by atoms with Crippen LogP contribution in [-0.2, 0) is 0 Å². The van der Waals surface area contributed by atoms with Crippen LogP contribution in [0.5, 0.6) is 0 Å². The molecule has 2 heterocycles. The number of carbonyl (C=O) groups excluding carboxylic acids is 1. The van der Waals surface area contributed by atoms with Crippen molar-refractivity contribution >= 4 is 28.8 Å². The van der Waals surface area contributed by atoms with Gasteiger partial charge in [-0.3, -0.25) is 4.79 Å². The number of amides is 1. The molecule has 0 saturated heterocycles. The summed E-state index contributed by atoms with van der Waals surface area (Å²) in [5, 5.41) is 4.81. The lowest BCUT2D eigenvalue weighted by Crippen LogP contribution is -2.48. The molecule has 5 nitrogen and oxygen atoms in total. The fraction of sp³-hybridized carbons (Fsp3) is 0.360. The van der Waals surface area contributed by atoms with Crippen molar-refractivity contribution in [3.8, 4) is 0 Å². The number of nitrogens with one attached hydrogen (secondary N) is 1. The van der Waals surface area contributed by atoms with Crippen LogP contribution in [0.3, 0.4) is 0 Å². The lowest BCUT2D eigenvalue weighted by molar-refractivity contribution is 0.0929. The highest BCUT2D eigenvalue weighted by molar-refractivity contribution is 5.96. The second-order valence-corrected chi connectivity index (χ2v) is 8.85. The first kappa shape index (κ1) is 21.1. The summed E-state index contributed by atoms with van der Waals surface area (Å²) in [6.45, 7) is 9.61. The van der Waals surface area contributed by atoms with Crippen molar-refractivity contribution in [1.82, 2.24) is 5.43 Å². The third-order valence-electron chi connectivity index (χ3n) is 5.97. The van der Waals surface area contributed by atoms with E-state index in [0.29, 0.717) is 17.1 Å². The van der Waals surface area contributed by atoms with E-state index in [2.05, 4.69) is 43.1 Å². The van der Waals surface area contributed by atoms with Crippen LogP contribution in [0.15, 0.2) is 52.0 Å². The van der Waals surface area contributed by atoms with Crippen LogP contribution >= 0.6 is 0 Å². The summed E-state index contributed by atoms with van der Waals surface area (Å²) < 4.78 is 20.4. The number of para-hydroxylation sites is 1. The third kappa shape index (κ3) is 4.07. The van der Waals surface area contributed by atoms with Gasteiger partial charge < -0.3 is 9.32 Å². The summed E-state index contributed by atoms with van der Waals surface area (Å²) in [6.07, 6.45) is 3.34. The normalized spacial score (nSPS) is 17.8. The molecule has 1 aromatic heterocycles. The molecule has 0 spiro atoms. The summed E-state index contributed by atoms with van der Waals surface area (Å²) in [5.41, 5.74) is 5.45. The van der Waals surface area contributed by atoms with Crippen molar-refractivity contribution in [1.29, 1.82) is 0 Å². The molecule has 1 aliphatic rings. The van der Waals surface area contributed by atoms with Crippen LogP contribution in [-0.4, -0.2) is 24.2 Å². The smallest absolute Gasteiger partial charge is 0.307 e. The summed E-state index contributed by atoms with van der Waals surface area (Å²) in [4.78, 5) is 14.6. The molecule has 3 aromatic rings. The number of hydrazone groups is 1. The van der Waals surface area contributed by atoms with Crippen LogP contribution in [0.2, 0.25) is 0 Å². The zero-order valence-corrected chi connectivity index (χ0v) is 18.4.